The molecule has 1 aliphatic rings. The van der Waals surface area contributed by atoms with Crippen LogP contribution in [-0.4, -0.2) is 36.2 Å². The maximum atomic E-state index is 8.97. The molecule has 2 heteroatoms. The molecule has 0 aromatic rings. The number of β-amino-alcohol motifs (C(OH)–C–C–N with tert-alkyl or cyclic N) is 1. The van der Waals surface area contributed by atoms with Crippen molar-refractivity contribution in [3.05, 3.63) is 0 Å². The van der Waals surface area contributed by atoms with Crippen LogP contribution in [0.25, 0.3) is 0 Å². The predicted octanol–water partition coefficient (Wildman–Crippen LogP) is 4.18. The number of rotatable bonds is 6. The standard InChI is InChI=1S/C15H31NO.C2H6/c1-5-15(4,12-13(2)3)14-6-8-16(9-7-14)10-11-17;1-2/h13-14,17H,5-12H2,1-4H3;1-2H3. The largest absolute Gasteiger partial charge is 0.395 e. The Bertz CT molecular complexity index is 209. The van der Waals surface area contributed by atoms with Crippen LogP contribution in [0.5, 0.6) is 0 Å². The third-order valence-corrected chi connectivity index (χ3v) is 4.67. The zero-order chi connectivity index (χ0) is 14.9. The van der Waals surface area contributed by atoms with Gasteiger partial charge < -0.3 is 10.0 Å². The van der Waals surface area contributed by atoms with Crippen LogP contribution in [0.4, 0.5) is 0 Å². The van der Waals surface area contributed by atoms with E-state index in [1.54, 1.807) is 0 Å². The number of piperidine rings is 1. The van der Waals surface area contributed by atoms with E-state index in [9.17, 15) is 0 Å². The van der Waals surface area contributed by atoms with Crippen LogP contribution in [-0.2, 0) is 0 Å². The molecule has 0 saturated carbocycles. The van der Waals surface area contributed by atoms with Gasteiger partial charge in [-0.2, -0.15) is 0 Å². The molecular formula is C17H37NO. The molecule has 0 spiro atoms. The molecule has 1 saturated heterocycles. The summed E-state index contributed by atoms with van der Waals surface area (Å²) in [7, 11) is 0. The first kappa shape index (κ1) is 18.9. The fraction of sp³-hybridized carbons (Fsp3) is 1.00. The van der Waals surface area contributed by atoms with Crippen molar-refractivity contribution in [2.75, 3.05) is 26.2 Å². The molecule has 0 aromatic heterocycles. The Morgan fingerprint density at radius 2 is 1.74 bits per heavy atom. The molecule has 0 aromatic carbocycles. The smallest absolute Gasteiger partial charge is 0.0558 e. The summed E-state index contributed by atoms with van der Waals surface area (Å²) >= 11 is 0. The Kier molecular flexibility index (Phi) is 9.72. The lowest BCUT2D eigenvalue weighted by atomic mass is 9.66. The van der Waals surface area contributed by atoms with E-state index < -0.39 is 0 Å². The number of nitrogens with zero attached hydrogens (tertiary/aromatic N) is 1. The summed E-state index contributed by atoms with van der Waals surface area (Å²) in [5.74, 6) is 1.68. The molecule has 0 aliphatic carbocycles. The minimum absolute atomic E-state index is 0.307. The van der Waals surface area contributed by atoms with Crippen molar-refractivity contribution in [1.29, 1.82) is 0 Å². The number of likely N-dealkylation sites (tertiary alicyclic amines) is 1. The van der Waals surface area contributed by atoms with E-state index in [2.05, 4.69) is 32.6 Å². The van der Waals surface area contributed by atoms with Gasteiger partial charge in [0.1, 0.15) is 0 Å². The molecule has 116 valence electrons. The molecule has 1 fully saturated rings. The van der Waals surface area contributed by atoms with Crippen LogP contribution >= 0.6 is 0 Å². The summed E-state index contributed by atoms with van der Waals surface area (Å²) in [6.07, 6.45) is 5.29. The van der Waals surface area contributed by atoms with Gasteiger partial charge in [-0.3, -0.25) is 0 Å². The molecule has 1 rings (SSSR count). The highest BCUT2D eigenvalue weighted by Gasteiger charge is 2.35. The Labute approximate surface area is 121 Å². The van der Waals surface area contributed by atoms with Crippen LogP contribution in [0.3, 0.4) is 0 Å². The second-order valence-electron chi connectivity index (χ2n) is 6.45. The summed E-state index contributed by atoms with van der Waals surface area (Å²) in [5.41, 5.74) is 0.527. The lowest BCUT2D eigenvalue weighted by Gasteiger charge is -2.43. The molecule has 19 heavy (non-hydrogen) atoms. The van der Waals surface area contributed by atoms with Crippen molar-refractivity contribution in [1.82, 2.24) is 4.90 Å². The number of hydrogen-bond acceptors (Lipinski definition) is 2. The first-order valence-electron chi connectivity index (χ1n) is 8.35. The van der Waals surface area contributed by atoms with Gasteiger partial charge in [0.25, 0.3) is 0 Å². The van der Waals surface area contributed by atoms with Crippen LogP contribution in [0.1, 0.15) is 67.2 Å². The second kappa shape index (κ2) is 9.77. The average molecular weight is 271 g/mol. The topological polar surface area (TPSA) is 23.5 Å². The van der Waals surface area contributed by atoms with E-state index in [4.69, 9.17) is 5.11 Å². The molecule has 1 aliphatic heterocycles. The summed E-state index contributed by atoms with van der Waals surface area (Å²) < 4.78 is 0. The van der Waals surface area contributed by atoms with Crippen molar-refractivity contribution >= 4 is 0 Å². The van der Waals surface area contributed by atoms with E-state index in [0.717, 1.165) is 18.4 Å². The monoisotopic (exact) mass is 271 g/mol. The molecule has 0 amide bonds. The highest BCUT2D eigenvalue weighted by Crippen LogP contribution is 2.42. The Hall–Kier alpha value is -0.0800. The van der Waals surface area contributed by atoms with Crippen LogP contribution in [0.2, 0.25) is 0 Å². The lowest BCUT2D eigenvalue weighted by molar-refractivity contribution is 0.0600. The summed E-state index contributed by atoms with van der Waals surface area (Å²) in [6.45, 7) is 17.0. The van der Waals surface area contributed by atoms with Crippen LogP contribution in [0.15, 0.2) is 0 Å². The van der Waals surface area contributed by atoms with Crippen molar-refractivity contribution in [2.45, 2.75) is 67.2 Å². The molecule has 1 unspecified atom stereocenters. The summed E-state index contributed by atoms with van der Waals surface area (Å²) in [6, 6.07) is 0. The maximum Gasteiger partial charge on any atom is 0.0558 e. The van der Waals surface area contributed by atoms with Gasteiger partial charge in [0.15, 0.2) is 0 Å². The molecular weight excluding hydrogens is 234 g/mol. The Balaban J connectivity index is 0.00000154. The molecule has 2 nitrogen and oxygen atoms in total. The van der Waals surface area contributed by atoms with Crippen LogP contribution < -0.4 is 0 Å². The van der Waals surface area contributed by atoms with Gasteiger partial charge >= 0.3 is 0 Å². The van der Waals surface area contributed by atoms with E-state index in [1.807, 2.05) is 13.8 Å². The number of hydrogen-bond donors (Lipinski definition) is 1. The SMILES string of the molecule is CC.CCC(C)(CC(C)C)C1CCN(CCO)CC1. The lowest BCUT2D eigenvalue weighted by Crippen LogP contribution is -2.41. The highest BCUT2D eigenvalue weighted by atomic mass is 16.3. The quantitative estimate of drug-likeness (QED) is 0.783. The molecule has 0 radical (unpaired) electrons. The highest BCUT2D eigenvalue weighted by molar-refractivity contribution is 4.86. The van der Waals surface area contributed by atoms with Gasteiger partial charge in [0, 0.05) is 6.54 Å². The molecule has 1 heterocycles. The summed E-state index contributed by atoms with van der Waals surface area (Å²) in [4.78, 5) is 2.40. The van der Waals surface area contributed by atoms with Gasteiger partial charge in [-0.05, 0) is 49.6 Å². The Morgan fingerprint density at radius 1 is 1.21 bits per heavy atom. The van der Waals surface area contributed by atoms with Crippen molar-refractivity contribution in [3.8, 4) is 0 Å². The number of aliphatic hydroxyl groups excluding tert-OH is 1. The normalized spacial score (nSPS) is 20.8. The van der Waals surface area contributed by atoms with Gasteiger partial charge in [0.2, 0.25) is 0 Å². The Morgan fingerprint density at radius 3 is 2.11 bits per heavy atom. The van der Waals surface area contributed by atoms with Crippen molar-refractivity contribution < 1.29 is 5.11 Å². The van der Waals surface area contributed by atoms with E-state index >= 15 is 0 Å². The molecule has 0 bridgehead atoms. The van der Waals surface area contributed by atoms with E-state index in [1.165, 1.54) is 38.8 Å². The fourth-order valence-electron chi connectivity index (χ4n) is 3.53. The molecule has 1 N–H and O–H groups in total. The average Bonchev–Trinajstić information content (AvgIpc) is 2.41. The van der Waals surface area contributed by atoms with Gasteiger partial charge in [0.05, 0.1) is 6.61 Å². The first-order valence-corrected chi connectivity index (χ1v) is 8.35. The van der Waals surface area contributed by atoms with Crippen molar-refractivity contribution in [2.24, 2.45) is 17.3 Å². The fourth-order valence-corrected chi connectivity index (χ4v) is 3.53. The molecule has 1 atom stereocenters. The van der Waals surface area contributed by atoms with Crippen molar-refractivity contribution in [3.63, 3.8) is 0 Å². The third kappa shape index (κ3) is 6.27. The van der Waals surface area contributed by atoms with Crippen LogP contribution in [0, 0.1) is 17.3 Å². The zero-order valence-corrected chi connectivity index (χ0v) is 14.2. The predicted molar refractivity (Wildman–Crippen MR) is 85.5 cm³/mol. The summed E-state index contributed by atoms with van der Waals surface area (Å²) in [5, 5.41) is 8.97. The van der Waals surface area contributed by atoms with Gasteiger partial charge in [-0.25, -0.2) is 0 Å². The number of aliphatic hydroxyl groups is 1. The maximum absolute atomic E-state index is 8.97. The second-order valence-corrected chi connectivity index (χ2v) is 6.45. The minimum atomic E-state index is 0.307. The third-order valence-electron chi connectivity index (χ3n) is 4.67. The zero-order valence-electron chi connectivity index (χ0n) is 14.2. The van der Waals surface area contributed by atoms with Gasteiger partial charge in [-0.15, -0.1) is 0 Å². The van der Waals surface area contributed by atoms with E-state index in [0.29, 0.717) is 12.0 Å². The minimum Gasteiger partial charge on any atom is -0.395 e. The van der Waals surface area contributed by atoms with Gasteiger partial charge in [-0.1, -0.05) is 48.0 Å². The first-order chi connectivity index (χ1) is 9.01. The van der Waals surface area contributed by atoms with E-state index in [-0.39, 0.29) is 0 Å².